The van der Waals surface area contributed by atoms with Gasteiger partial charge in [0.1, 0.15) is 0 Å². The van der Waals surface area contributed by atoms with Gasteiger partial charge in [-0.25, -0.2) is 4.57 Å². The van der Waals surface area contributed by atoms with E-state index in [9.17, 15) is 5.11 Å². The van der Waals surface area contributed by atoms with E-state index < -0.39 is 0 Å². The van der Waals surface area contributed by atoms with E-state index in [4.69, 9.17) is 0 Å². The number of hydrogen-bond acceptors (Lipinski definition) is 1. The van der Waals surface area contributed by atoms with Gasteiger partial charge in [-0.3, -0.25) is 0 Å². The van der Waals surface area contributed by atoms with Crippen molar-refractivity contribution in [1.82, 2.24) is 0 Å². The van der Waals surface area contributed by atoms with E-state index in [2.05, 4.69) is 27.2 Å². The third kappa shape index (κ3) is 3.06. The Hall–Kier alpha value is -0.160. The molecule has 1 rings (SSSR count). The van der Waals surface area contributed by atoms with E-state index >= 15 is 0 Å². The normalized spacial score (nSPS) is 15.6. The molecule has 1 aromatic rings. The summed E-state index contributed by atoms with van der Waals surface area (Å²) in [5, 5.41) is 9.26. The molecule has 0 amide bonds. The van der Waals surface area contributed by atoms with Crippen molar-refractivity contribution in [2.75, 3.05) is 0 Å². The number of pyridine rings is 1. The van der Waals surface area contributed by atoms with E-state index in [1.54, 1.807) is 0 Å². The summed E-state index contributed by atoms with van der Waals surface area (Å²) >= 11 is 2.26. The molecule has 0 bridgehead atoms. The van der Waals surface area contributed by atoms with Crippen LogP contribution < -0.4 is 4.57 Å². The zero-order valence-corrected chi connectivity index (χ0v) is 9.18. The number of nitrogens with zero attached hydrogens (tertiary/aromatic N) is 1. The maximum absolute atomic E-state index is 9.26. The number of rotatable bonds is 3. The summed E-state index contributed by atoms with van der Waals surface area (Å²) in [6.45, 7) is 2.68. The molecular formula is C9H13INO+. The van der Waals surface area contributed by atoms with Gasteiger partial charge in [0, 0.05) is 12.1 Å². The Bertz CT molecular complexity index is 225. The SMILES string of the molecule is CC(O)C(I)C[n+]1ccccc1. The molecule has 0 spiro atoms. The lowest BCUT2D eigenvalue weighted by atomic mass is 10.3. The van der Waals surface area contributed by atoms with Gasteiger partial charge in [0.15, 0.2) is 18.9 Å². The van der Waals surface area contributed by atoms with Crippen molar-refractivity contribution in [3.8, 4) is 0 Å². The van der Waals surface area contributed by atoms with Gasteiger partial charge in [0.25, 0.3) is 0 Å². The van der Waals surface area contributed by atoms with Crippen LogP contribution in [0.1, 0.15) is 6.92 Å². The first-order chi connectivity index (χ1) is 5.70. The molecule has 0 saturated heterocycles. The molecule has 0 fully saturated rings. The summed E-state index contributed by atoms with van der Waals surface area (Å²) in [7, 11) is 0. The first kappa shape index (κ1) is 9.92. The Balaban J connectivity index is 2.53. The van der Waals surface area contributed by atoms with Crippen LogP contribution in [0.3, 0.4) is 0 Å². The molecule has 0 aromatic carbocycles. The molecule has 1 heterocycles. The van der Waals surface area contributed by atoms with E-state index in [-0.39, 0.29) is 10.0 Å². The molecule has 1 N–H and O–H groups in total. The molecule has 0 aliphatic rings. The monoisotopic (exact) mass is 278 g/mol. The van der Waals surface area contributed by atoms with Crippen LogP contribution in [0.2, 0.25) is 0 Å². The molecule has 0 radical (unpaired) electrons. The molecule has 2 atom stereocenters. The molecule has 3 heteroatoms. The van der Waals surface area contributed by atoms with Crippen LogP contribution in [-0.4, -0.2) is 15.1 Å². The minimum absolute atomic E-state index is 0.252. The van der Waals surface area contributed by atoms with E-state index in [0.29, 0.717) is 0 Å². The highest BCUT2D eigenvalue weighted by Gasteiger charge is 2.14. The summed E-state index contributed by atoms with van der Waals surface area (Å²) in [6.07, 6.45) is 3.76. The van der Waals surface area contributed by atoms with Crippen LogP contribution in [0, 0.1) is 0 Å². The third-order valence-electron chi connectivity index (χ3n) is 1.69. The number of halogens is 1. The highest BCUT2D eigenvalue weighted by Crippen LogP contribution is 2.05. The average Bonchev–Trinajstić information content (AvgIpc) is 2.06. The maximum Gasteiger partial charge on any atom is 0.168 e. The summed E-state index contributed by atoms with van der Waals surface area (Å²) in [4.78, 5) is 0. The summed E-state index contributed by atoms with van der Waals surface area (Å²) in [5.74, 6) is 0. The zero-order valence-electron chi connectivity index (χ0n) is 7.02. The largest absolute Gasteiger partial charge is 0.392 e. The van der Waals surface area contributed by atoms with Gasteiger partial charge in [-0.05, 0) is 6.92 Å². The second-order valence-corrected chi connectivity index (χ2v) is 4.43. The van der Waals surface area contributed by atoms with E-state index in [1.165, 1.54) is 0 Å². The summed E-state index contributed by atoms with van der Waals surface area (Å²) in [5.41, 5.74) is 0. The van der Waals surface area contributed by atoms with Crippen LogP contribution in [-0.2, 0) is 6.54 Å². The van der Waals surface area contributed by atoms with Crippen LogP contribution >= 0.6 is 22.6 Å². The lowest BCUT2D eigenvalue weighted by Crippen LogP contribution is -2.40. The van der Waals surface area contributed by atoms with Gasteiger partial charge in [-0.15, -0.1) is 0 Å². The second kappa shape index (κ2) is 4.77. The Morgan fingerprint density at radius 1 is 1.33 bits per heavy atom. The molecule has 66 valence electrons. The minimum atomic E-state index is -0.252. The zero-order chi connectivity index (χ0) is 8.97. The van der Waals surface area contributed by atoms with Gasteiger partial charge in [-0.2, -0.15) is 0 Å². The Morgan fingerprint density at radius 3 is 2.42 bits per heavy atom. The van der Waals surface area contributed by atoms with Crippen molar-refractivity contribution in [3.05, 3.63) is 30.6 Å². The lowest BCUT2D eigenvalue weighted by molar-refractivity contribution is -0.696. The van der Waals surface area contributed by atoms with Gasteiger partial charge >= 0.3 is 0 Å². The average molecular weight is 278 g/mol. The standard InChI is InChI=1S/C9H13INO/c1-8(12)9(10)7-11-5-3-2-4-6-11/h2-6,8-9,12H,7H2,1H3/q+1. The highest BCUT2D eigenvalue weighted by atomic mass is 127. The van der Waals surface area contributed by atoms with Crippen molar-refractivity contribution in [2.45, 2.75) is 23.5 Å². The fraction of sp³-hybridized carbons (Fsp3) is 0.444. The van der Waals surface area contributed by atoms with Crippen molar-refractivity contribution in [1.29, 1.82) is 0 Å². The van der Waals surface area contributed by atoms with Crippen LogP contribution in [0.15, 0.2) is 30.6 Å². The maximum atomic E-state index is 9.26. The first-order valence-corrected chi connectivity index (χ1v) is 5.21. The van der Waals surface area contributed by atoms with Crippen LogP contribution in [0.25, 0.3) is 0 Å². The molecular weight excluding hydrogens is 265 g/mol. The van der Waals surface area contributed by atoms with Crippen molar-refractivity contribution in [2.24, 2.45) is 0 Å². The van der Waals surface area contributed by atoms with Gasteiger partial charge in [0.05, 0.1) is 10.0 Å². The molecule has 0 aliphatic heterocycles. The Kier molecular flexibility index (Phi) is 3.94. The van der Waals surface area contributed by atoms with Crippen molar-refractivity contribution >= 4 is 22.6 Å². The molecule has 12 heavy (non-hydrogen) atoms. The summed E-state index contributed by atoms with van der Waals surface area (Å²) in [6, 6.07) is 5.97. The molecule has 0 aliphatic carbocycles. The predicted molar refractivity (Wildman–Crippen MR) is 56.1 cm³/mol. The van der Waals surface area contributed by atoms with Crippen molar-refractivity contribution in [3.63, 3.8) is 0 Å². The highest BCUT2D eigenvalue weighted by molar-refractivity contribution is 14.1. The molecule has 2 nitrogen and oxygen atoms in total. The van der Waals surface area contributed by atoms with E-state index in [0.717, 1.165) is 6.54 Å². The number of alkyl halides is 1. The van der Waals surface area contributed by atoms with Gasteiger partial charge in [0.2, 0.25) is 0 Å². The minimum Gasteiger partial charge on any atom is -0.392 e. The van der Waals surface area contributed by atoms with Gasteiger partial charge in [-0.1, -0.05) is 28.7 Å². The van der Waals surface area contributed by atoms with E-state index in [1.807, 2.05) is 37.5 Å². The quantitative estimate of drug-likeness (QED) is 0.501. The Labute approximate surface area is 86.4 Å². The Morgan fingerprint density at radius 2 is 1.92 bits per heavy atom. The fourth-order valence-electron chi connectivity index (χ4n) is 0.910. The molecule has 1 aromatic heterocycles. The van der Waals surface area contributed by atoms with Crippen molar-refractivity contribution < 1.29 is 9.67 Å². The van der Waals surface area contributed by atoms with Crippen LogP contribution in [0.4, 0.5) is 0 Å². The number of aliphatic hydroxyl groups is 1. The fourth-order valence-corrected chi connectivity index (χ4v) is 1.36. The summed E-state index contributed by atoms with van der Waals surface area (Å²) < 4.78 is 2.35. The lowest BCUT2D eigenvalue weighted by Gasteiger charge is -2.08. The smallest absolute Gasteiger partial charge is 0.168 e. The third-order valence-corrected chi connectivity index (χ3v) is 3.12. The van der Waals surface area contributed by atoms with Gasteiger partial charge < -0.3 is 5.11 Å². The number of aliphatic hydroxyl groups excluding tert-OH is 1. The first-order valence-electron chi connectivity index (χ1n) is 3.96. The number of aromatic nitrogens is 1. The number of hydrogen-bond donors (Lipinski definition) is 1. The topological polar surface area (TPSA) is 24.1 Å². The van der Waals surface area contributed by atoms with Crippen LogP contribution in [0.5, 0.6) is 0 Å². The molecule has 0 saturated carbocycles. The second-order valence-electron chi connectivity index (χ2n) is 2.83. The molecule has 2 unspecified atom stereocenters. The predicted octanol–water partition coefficient (Wildman–Crippen LogP) is 1.16.